The smallest absolute Gasteiger partial charge is 0.0465 e. The second-order valence-electron chi connectivity index (χ2n) is 3.97. The van der Waals surface area contributed by atoms with E-state index in [2.05, 4.69) is 5.32 Å². The third kappa shape index (κ3) is 4.96. The van der Waals surface area contributed by atoms with E-state index in [0.29, 0.717) is 16.6 Å². The van der Waals surface area contributed by atoms with Gasteiger partial charge in [-0.05, 0) is 25.1 Å². The number of benzene rings is 1. The Balaban J connectivity index is 2.39. The van der Waals surface area contributed by atoms with Crippen LogP contribution in [0.25, 0.3) is 0 Å². The van der Waals surface area contributed by atoms with Crippen LogP contribution >= 0.6 is 23.2 Å². The fourth-order valence-corrected chi connectivity index (χ4v) is 2.37. The molecule has 1 rings (SSSR count). The summed E-state index contributed by atoms with van der Waals surface area (Å²) in [5, 5.41) is 4.83. The highest BCUT2D eigenvalue weighted by Gasteiger charge is 2.07. The molecule has 0 bridgehead atoms. The van der Waals surface area contributed by atoms with Gasteiger partial charge >= 0.3 is 0 Å². The average Bonchev–Trinajstić information content (AvgIpc) is 2.27. The van der Waals surface area contributed by atoms with Gasteiger partial charge in [-0.15, -0.1) is 0 Å². The van der Waals surface area contributed by atoms with E-state index < -0.39 is 10.8 Å². The molecule has 0 spiro atoms. The summed E-state index contributed by atoms with van der Waals surface area (Å²) in [6.07, 6.45) is 2.61. The summed E-state index contributed by atoms with van der Waals surface area (Å²) < 4.78 is 11.2. The molecule has 1 aromatic rings. The monoisotopic (exact) mass is 293 g/mol. The number of hydrogen-bond acceptors (Lipinski definition) is 2. The van der Waals surface area contributed by atoms with Gasteiger partial charge in [-0.25, -0.2) is 0 Å². The Hall–Kier alpha value is -0.0900. The zero-order chi connectivity index (χ0) is 12.8. The molecule has 0 saturated heterocycles. The van der Waals surface area contributed by atoms with Crippen molar-refractivity contribution in [2.45, 2.75) is 25.1 Å². The lowest BCUT2D eigenvalue weighted by molar-refractivity contribution is 0.629. The fourth-order valence-electron chi connectivity index (χ4n) is 1.39. The van der Waals surface area contributed by atoms with Crippen LogP contribution in [0, 0.1) is 0 Å². The lowest BCUT2D eigenvalue weighted by Gasteiger charge is -2.11. The van der Waals surface area contributed by atoms with E-state index >= 15 is 0 Å². The Kier molecular flexibility index (Phi) is 6.49. The molecule has 1 N–H and O–H groups in total. The molecule has 0 aliphatic carbocycles. The van der Waals surface area contributed by atoms with Crippen LogP contribution in [0.2, 0.25) is 10.0 Å². The summed E-state index contributed by atoms with van der Waals surface area (Å²) in [5.74, 6) is 0. The Morgan fingerprint density at radius 1 is 1.35 bits per heavy atom. The van der Waals surface area contributed by atoms with Gasteiger partial charge in [0.2, 0.25) is 0 Å². The standard InChI is InChI=1S/C12H17Cl2NOS/c1-9(17(2)16)6-7-15-8-10-11(13)4-3-5-12(10)14/h3-5,9,15H,6-8H2,1-2H3. The second kappa shape index (κ2) is 7.37. The average molecular weight is 294 g/mol. The molecule has 2 nitrogen and oxygen atoms in total. The minimum atomic E-state index is -0.759. The van der Waals surface area contributed by atoms with Crippen LogP contribution in [0.15, 0.2) is 18.2 Å². The maximum Gasteiger partial charge on any atom is 0.0465 e. The predicted molar refractivity (Wildman–Crippen MR) is 76.3 cm³/mol. The van der Waals surface area contributed by atoms with Crippen molar-refractivity contribution in [3.63, 3.8) is 0 Å². The lowest BCUT2D eigenvalue weighted by Crippen LogP contribution is -2.21. The normalized spacial score (nSPS) is 14.6. The first-order valence-corrected chi connectivity index (χ1v) is 7.86. The molecule has 5 heteroatoms. The van der Waals surface area contributed by atoms with Gasteiger partial charge in [0.25, 0.3) is 0 Å². The molecule has 0 aromatic heterocycles. The summed E-state index contributed by atoms with van der Waals surface area (Å²) in [5.41, 5.74) is 0.918. The second-order valence-corrected chi connectivity index (χ2v) is 6.59. The summed E-state index contributed by atoms with van der Waals surface area (Å²) in [7, 11) is -0.759. The van der Waals surface area contributed by atoms with Crippen molar-refractivity contribution in [3.05, 3.63) is 33.8 Å². The van der Waals surface area contributed by atoms with Crippen LogP contribution in [-0.4, -0.2) is 22.3 Å². The highest BCUT2D eigenvalue weighted by molar-refractivity contribution is 7.84. The first-order valence-electron chi connectivity index (χ1n) is 5.48. The molecular weight excluding hydrogens is 277 g/mol. The molecule has 1 aromatic carbocycles. The van der Waals surface area contributed by atoms with E-state index in [9.17, 15) is 4.21 Å². The summed E-state index contributed by atoms with van der Waals surface area (Å²) in [6, 6.07) is 5.48. The van der Waals surface area contributed by atoms with Crippen molar-refractivity contribution in [3.8, 4) is 0 Å². The molecule has 0 saturated carbocycles. The molecule has 0 aliphatic heterocycles. The van der Waals surface area contributed by atoms with Gasteiger partial charge in [-0.2, -0.15) is 0 Å². The van der Waals surface area contributed by atoms with Crippen molar-refractivity contribution in [1.29, 1.82) is 0 Å². The van der Waals surface area contributed by atoms with Gasteiger partial charge in [-0.1, -0.05) is 36.2 Å². The highest BCUT2D eigenvalue weighted by Crippen LogP contribution is 2.23. The minimum absolute atomic E-state index is 0.212. The third-order valence-electron chi connectivity index (χ3n) is 2.66. The van der Waals surface area contributed by atoms with Crippen LogP contribution in [0.4, 0.5) is 0 Å². The third-order valence-corrected chi connectivity index (χ3v) is 4.73. The Bertz CT molecular complexity index is 378. The highest BCUT2D eigenvalue weighted by atomic mass is 35.5. The van der Waals surface area contributed by atoms with Gasteiger partial charge in [0.15, 0.2) is 0 Å². The number of hydrogen-bond donors (Lipinski definition) is 1. The maximum absolute atomic E-state index is 11.2. The predicted octanol–water partition coefficient (Wildman–Crippen LogP) is 3.24. The van der Waals surface area contributed by atoms with Crippen molar-refractivity contribution < 1.29 is 4.21 Å². The van der Waals surface area contributed by atoms with Gasteiger partial charge in [0.1, 0.15) is 0 Å². The van der Waals surface area contributed by atoms with Gasteiger partial charge < -0.3 is 5.32 Å². The van der Waals surface area contributed by atoms with E-state index in [4.69, 9.17) is 23.2 Å². The van der Waals surface area contributed by atoms with Crippen molar-refractivity contribution in [2.75, 3.05) is 12.8 Å². The largest absolute Gasteiger partial charge is 0.313 e. The number of halogens is 2. The van der Waals surface area contributed by atoms with Crippen molar-refractivity contribution in [1.82, 2.24) is 5.32 Å². The van der Waals surface area contributed by atoms with Crippen LogP contribution < -0.4 is 5.32 Å². The first kappa shape index (κ1) is 15.0. The summed E-state index contributed by atoms with van der Waals surface area (Å²) in [6.45, 7) is 3.43. The molecule has 96 valence electrons. The number of nitrogens with one attached hydrogen (secondary N) is 1. The van der Waals surface area contributed by atoms with Crippen LogP contribution in [0.1, 0.15) is 18.9 Å². The molecule has 17 heavy (non-hydrogen) atoms. The molecule has 0 amide bonds. The summed E-state index contributed by atoms with van der Waals surface area (Å²) in [4.78, 5) is 0. The van der Waals surface area contributed by atoms with E-state index in [1.807, 2.05) is 25.1 Å². The number of rotatable bonds is 6. The van der Waals surface area contributed by atoms with Crippen molar-refractivity contribution in [2.24, 2.45) is 0 Å². The quantitative estimate of drug-likeness (QED) is 0.816. The van der Waals surface area contributed by atoms with Crippen molar-refractivity contribution >= 4 is 34.0 Å². The lowest BCUT2D eigenvalue weighted by atomic mass is 10.2. The van der Waals surface area contributed by atoms with Crippen LogP contribution in [-0.2, 0) is 17.3 Å². The molecular formula is C12H17Cl2NOS. The van der Waals surface area contributed by atoms with Gasteiger partial charge in [0.05, 0.1) is 0 Å². The van der Waals surface area contributed by atoms with E-state index in [0.717, 1.165) is 18.5 Å². The summed E-state index contributed by atoms with van der Waals surface area (Å²) >= 11 is 12.1. The maximum atomic E-state index is 11.2. The molecule has 0 radical (unpaired) electrons. The molecule has 0 aliphatic rings. The molecule has 0 fully saturated rings. The fraction of sp³-hybridized carbons (Fsp3) is 0.500. The molecule has 2 unspecified atom stereocenters. The minimum Gasteiger partial charge on any atom is -0.313 e. The molecule has 0 heterocycles. The Labute approximate surface area is 115 Å². The Morgan fingerprint density at radius 2 is 1.94 bits per heavy atom. The first-order chi connectivity index (χ1) is 8.02. The SMILES string of the molecule is CC(CCNCc1c(Cl)cccc1Cl)S(C)=O. The molecule has 2 atom stereocenters. The van der Waals surface area contributed by atoms with Crippen LogP contribution in [0.5, 0.6) is 0 Å². The Morgan fingerprint density at radius 3 is 2.47 bits per heavy atom. The van der Waals surface area contributed by atoms with E-state index in [1.165, 1.54) is 0 Å². The van der Waals surface area contributed by atoms with Crippen LogP contribution in [0.3, 0.4) is 0 Å². The topological polar surface area (TPSA) is 29.1 Å². The zero-order valence-electron chi connectivity index (χ0n) is 10.0. The van der Waals surface area contributed by atoms with E-state index in [1.54, 1.807) is 6.26 Å². The van der Waals surface area contributed by atoms with Gasteiger partial charge in [0, 0.05) is 44.5 Å². The zero-order valence-corrected chi connectivity index (χ0v) is 12.3. The van der Waals surface area contributed by atoms with E-state index in [-0.39, 0.29) is 5.25 Å². The van der Waals surface area contributed by atoms with Gasteiger partial charge in [-0.3, -0.25) is 4.21 Å².